The summed E-state index contributed by atoms with van der Waals surface area (Å²) in [6.07, 6.45) is 8.53. The summed E-state index contributed by atoms with van der Waals surface area (Å²) >= 11 is 0. The van der Waals surface area contributed by atoms with Crippen molar-refractivity contribution >= 4 is 0 Å². The Labute approximate surface area is 115 Å². The molecule has 1 aromatic heterocycles. The lowest BCUT2D eigenvalue weighted by Crippen LogP contribution is -2.32. The van der Waals surface area contributed by atoms with Crippen LogP contribution >= 0.6 is 0 Å². The van der Waals surface area contributed by atoms with E-state index < -0.39 is 0 Å². The average Bonchev–Trinajstić information content (AvgIpc) is 3.03. The first-order valence-corrected chi connectivity index (χ1v) is 7.65. The van der Waals surface area contributed by atoms with E-state index in [-0.39, 0.29) is 0 Å². The van der Waals surface area contributed by atoms with Crippen LogP contribution in [0.4, 0.5) is 0 Å². The van der Waals surface area contributed by atoms with Gasteiger partial charge in [0.25, 0.3) is 0 Å². The van der Waals surface area contributed by atoms with E-state index in [1.807, 2.05) is 4.68 Å². The van der Waals surface area contributed by atoms with Gasteiger partial charge in [-0.2, -0.15) is 5.10 Å². The highest BCUT2D eigenvalue weighted by molar-refractivity contribution is 5.24. The molecule has 19 heavy (non-hydrogen) atoms. The molecule has 1 aliphatic carbocycles. The number of hydrogen-bond donors (Lipinski definition) is 1. The summed E-state index contributed by atoms with van der Waals surface area (Å²) in [7, 11) is 2.05. The highest BCUT2D eigenvalue weighted by Gasteiger charge is 2.29. The molecule has 0 bridgehead atoms. The number of aryl methyl sites for hydroxylation is 1. The highest BCUT2D eigenvalue weighted by atomic mass is 16.5. The maximum Gasteiger partial charge on any atom is 0.0613 e. The third-order valence-electron chi connectivity index (χ3n) is 4.75. The molecule has 1 N–H and O–H groups in total. The molecule has 0 aromatic carbocycles. The Hall–Kier alpha value is -0.870. The van der Waals surface area contributed by atoms with E-state index >= 15 is 0 Å². The van der Waals surface area contributed by atoms with Crippen LogP contribution in [0.15, 0.2) is 6.20 Å². The molecular weight excluding hydrogens is 238 g/mol. The van der Waals surface area contributed by atoms with Gasteiger partial charge in [0.05, 0.1) is 12.3 Å². The van der Waals surface area contributed by atoms with Gasteiger partial charge in [-0.3, -0.25) is 4.68 Å². The first-order valence-electron chi connectivity index (χ1n) is 7.65. The summed E-state index contributed by atoms with van der Waals surface area (Å²) in [5.41, 5.74) is 2.83. The number of aromatic nitrogens is 2. The number of rotatable bonds is 4. The minimum atomic E-state index is 0.462. The zero-order valence-corrected chi connectivity index (χ0v) is 12.1. The normalized spacial score (nSPS) is 30.5. The SMILES string of the molecule is CCC1OCCC1CNC1CCCc2c1cnn2C. The Morgan fingerprint density at radius 2 is 2.37 bits per heavy atom. The molecule has 4 nitrogen and oxygen atoms in total. The van der Waals surface area contributed by atoms with Gasteiger partial charge in [0.15, 0.2) is 0 Å². The predicted octanol–water partition coefficient (Wildman–Crippen LogP) is 2.20. The summed E-state index contributed by atoms with van der Waals surface area (Å²) < 4.78 is 7.81. The van der Waals surface area contributed by atoms with Crippen molar-refractivity contribution in [1.82, 2.24) is 15.1 Å². The first-order chi connectivity index (χ1) is 9.29. The lowest BCUT2D eigenvalue weighted by Gasteiger charge is -2.26. The van der Waals surface area contributed by atoms with Gasteiger partial charge in [-0.05, 0) is 38.0 Å². The predicted molar refractivity (Wildman–Crippen MR) is 75.0 cm³/mol. The second-order valence-electron chi connectivity index (χ2n) is 5.89. The van der Waals surface area contributed by atoms with E-state index in [0.29, 0.717) is 18.1 Å². The van der Waals surface area contributed by atoms with Gasteiger partial charge in [0, 0.05) is 37.5 Å². The molecule has 0 radical (unpaired) electrons. The molecule has 0 amide bonds. The highest BCUT2D eigenvalue weighted by Crippen LogP contribution is 2.30. The quantitative estimate of drug-likeness (QED) is 0.905. The number of fused-ring (bicyclic) bond motifs is 1. The van der Waals surface area contributed by atoms with Crippen LogP contribution in [0.25, 0.3) is 0 Å². The number of hydrogen-bond acceptors (Lipinski definition) is 3. The van der Waals surface area contributed by atoms with Gasteiger partial charge < -0.3 is 10.1 Å². The topological polar surface area (TPSA) is 39.1 Å². The summed E-state index contributed by atoms with van der Waals surface area (Å²) in [6, 6.07) is 0.496. The molecule has 1 saturated heterocycles. The average molecular weight is 263 g/mol. The minimum Gasteiger partial charge on any atom is -0.378 e. The van der Waals surface area contributed by atoms with Crippen LogP contribution in [0.5, 0.6) is 0 Å². The Balaban J connectivity index is 1.62. The molecule has 3 atom stereocenters. The van der Waals surface area contributed by atoms with Crippen molar-refractivity contribution in [2.75, 3.05) is 13.2 Å². The Kier molecular flexibility index (Phi) is 3.89. The maximum atomic E-state index is 5.77. The van der Waals surface area contributed by atoms with Gasteiger partial charge in [0.2, 0.25) is 0 Å². The molecule has 0 saturated carbocycles. The second-order valence-corrected chi connectivity index (χ2v) is 5.89. The third-order valence-corrected chi connectivity index (χ3v) is 4.75. The lowest BCUT2D eigenvalue weighted by molar-refractivity contribution is 0.0864. The largest absolute Gasteiger partial charge is 0.378 e. The van der Waals surface area contributed by atoms with Crippen LogP contribution in [0.2, 0.25) is 0 Å². The Morgan fingerprint density at radius 1 is 1.47 bits per heavy atom. The van der Waals surface area contributed by atoms with Crippen molar-refractivity contribution in [3.05, 3.63) is 17.5 Å². The Morgan fingerprint density at radius 3 is 3.21 bits per heavy atom. The summed E-state index contributed by atoms with van der Waals surface area (Å²) in [6.45, 7) is 4.24. The van der Waals surface area contributed by atoms with Gasteiger partial charge in [-0.25, -0.2) is 0 Å². The van der Waals surface area contributed by atoms with E-state index in [0.717, 1.165) is 19.6 Å². The summed E-state index contributed by atoms with van der Waals surface area (Å²) in [4.78, 5) is 0. The molecular formula is C15H25N3O. The first kappa shape index (κ1) is 13.1. The number of ether oxygens (including phenoxy) is 1. The van der Waals surface area contributed by atoms with Gasteiger partial charge in [-0.1, -0.05) is 6.92 Å². The summed E-state index contributed by atoms with van der Waals surface area (Å²) in [5.74, 6) is 0.687. The molecule has 1 aliphatic heterocycles. The Bertz CT molecular complexity index is 429. The van der Waals surface area contributed by atoms with Crippen molar-refractivity contribution in [1.29, 1.82) is 0 Å². The van der Waals surface area contributed by atoms with Crippen LogP contribution < -0.4 is 5.32 Å². The van der Waals surface area contributed by atoms with E-state index in [1.165, 1.54) is 36.9 Å². The maximum absolute atomic E-state index is 5.77. The van der Waals surface area contributed by atoms with Crippen LogP contribution in [0.3, 0.4) is 0 Å². The monoisotopic (exact) mass is 263 g/mol. The van der Waals surface area contributed by atoms with Crippen molar-refractivity contribution in [3.63, 3.8) is 0 Å². The van der Waals surface area contributed by atoms with Gasteiger partial charge in [-0.15, -0.1) is 0 Å². The zero-order valence-electron chi connectivity index (χ0n) is 12.1. The molecule has 2 heterocycles. The summed E-state index contributed by atoms with van der Waals surface area (Å²) in [5, 5.41) is 8.18. The molecule has 0 spiro atoms. The fourth-order valence-corrected chi connectivity index (χ4v) is 3.59. The molecule has 3 rings (SSSR count). The van der Waals surface area contributed by atoms with E-state index in [1.54, 1.807) is 0 Å². The van der Waals surface area contributed by atoms with Crippen LogP contribution in [-0.2, 0) is 18.2 Å². The number of nitrogens with one attached hydrogen (secondary N) is 1. The van der Waals surface area contributed by atoms with Gasteiger partial charge >= 0.3 is 0 Å². The van der Waals surface area contributed by atoms with E-state index in [2.05, 4.69) is 30.6 Å². The molecule has 4 heteroatoms. The molecule has 3 unspecified atom stereocenters. The molecule has 1 fully saturated rings. The fraction of sp³-hybridized carbons (Fsp3) is 0.800. The third kappa shape index (κ3) is 2.56. The van der Waals surface area contributed by atoms with Crippen molar-refractivity contribution in [3.8, 4) is 0 Å². The second kappa shape index (κ2) is 5.63. The van der Waals surface area contributed by atoms with Crippen LogP contribution in [-0.4, -0.2) is 29.0 Å². The van der Waals surface area contributed by atoms with Crippen molar-refractivity contribution < 1.29 is 4.74 Å². The minimum absolute atomic E-state index is 0.462. The molecule has 2 aliphatic rings. The molecule has 106 valence electrons. The smallest absolute Gasteiger partial charge is 0.0613 e. The van der Waals surface area contributed by atoms with Crippen LogP contribution in [0, 0.1) is 5.92 Å². The van der Waals surface area contributed by atoms with Gasteiger partial charge in [0.1, 0.15) is 0 Å². The molecule has 1 aromatic rings. The standard InChI is InChI=1S/C15H25N3O/c1-3-15-11(7-8-19-15)9-16-13-5-4-6-14-12(13)10-17-18(14)2/h10-11,13,15-16H,3-9H2,1-2H3. The van der Waals surface area contributed by atoms with E-state index in [4.69, 9.17) is 4.74 Å². The number of nitrogens with zero attached hydrogens (tertiary/aromatic N) is 2. The van der Waals surface area contributed by atoms with E-state index in [9.17, 15) is 0 Å². The zero-order chi connectivity index (χ0) is 13.2. The lowest BCUT2D eigenvalue weighted by atomic mass is 9.92. The van der Waals surface area contributed by atoms with Crippen molar-refractivity contribution in [2.45, 2.75) is 51.2 Å². The van der Waals surface area contributed by atoms with Crippen molar-refractivity contribution in [2.24, 2.45) is 13.0 Å². The van der Waals surface area contributed by atoms with Crippen LogP contribution in [0.1, 0.15) is 49.9 Å². The fourth-order valence-electron chi connectivity index (χ4n) is 3.59.